The van der Waals surface area contributed by atoms with Crippen molar-refractivity contribution < 1.29 is 9.59 Å². The zero-order chi connectivity index (χ0) is 21.9. The predicted molar refractivity (Wildman–Crippen MR) is 123 cm³/mol. The van der Waals surface area contributed by atoms with Gasteiger partial charge >= 0.3 is 0 Å². The van der Waals surface area contributed by atoms with Gasteiger partial charge in [-0.2, -0.15) is 0 Å². The van der Waals surface area contributed by atoms with Gasteiger partial charge in [0.05, 0.1) is 11.6 Å². The van der Waals surface area contributed by atoms with Gasteiger partial charge in [-0.05, 0) is 82.5 Å². The standard InChI is InChI=1S/C25H31N3O2/c1-17-11-12-19(15-18(17)2)28-23(29)21-10-7-6-9-20(21)22(24(28)30)16-26-13-8-14-27-25(3,4)5/h6-7,9-12,15-16,22,27H,8,13-14H2,1-5H3/t22-/m0/s1. The Labute approximate surface area is 179 Å². The molecule has 3 rings (SSSR count). The molecule has 0 fully saturated rings. The summed E-state index contributed by atoms with van der Waals surface area (Å²) in [5, 5.41) is 3.44. The molecule has 2 aromatic rings. The van der Waals surface area contributed by atoms with Crippen LogP contribution in [0.2, 0.25) is 0 Å². The topological polar surface area (TPSA) is 61.8 Å². The van der Waals surface area contributed by atoms with E-state index in [2.05, 4.69) is 31.1 Å². The van der Waals surface area contributed by atoms with Crippen LogP contribution in [0, 0.1) is 13.8 Å². The number of nitrogens with one attached hydrogen (secondary N) is 1. The van der Waals surface area contributed by atoms with Crippen molar-refractivity contribution in [2.45, 2.75) is 52.5 Å². The number of rotatable bonds is 6. The number of fused-ring (bicyclic) bond motifs is 1. The van der Waals surface area contributed by atoms with Crippen LogP contribution < -0.4 is 10.2 Å². The molecule has 5 heteroatoms. The van der Waals surface area contributed by atoms with Gasteiger partial charge in [0.1, 0.15) is 0 Å². The Morgan fingerprint density at radius 2 is 1.80 bits per heavy atom. The highest BCUT2D eigenvalue weighted by Gasteiger charge is 2.38. The van der Waals surface area contributed by atoms with Crippen LogP contribution in [0.1, 0.15) is 60.2 Å². The molecule has 0 aromatic heterocycles. The molecule has 1 aliphatic rings. The zero-order valence-electron chi connectivity index (χ0n) is 18.5. The molecule has 1 N–H and O–H groups in total. The predicted octanol–water partition coefficient (Wildman–Crippen LogP) is 4.42. The molecule has 1 heterocycles. The van der Waals surface area contributed by atoms with Crippen molar-refractivity contribution in [1.29, 1.82) is 0 Å². The fourth-order valence-corrected chi connectivity index (χ4v) is 3.52. The molecule has 2 aromatic carbocycles. The molecular weight excluding hydrogens is 374 g/mol. The van der Waals surface area contributed by atoms with Crippen LogP contribution in [0.25, 0.3) is 0 Å². The Morgan fingerprint density at radius 3 is 2.50 bits per heavy atom. The maximum Gasteiger partial charge on any atom is 0.265 e. The minimum Gasteiger partial charge on any atom is -0.312 e. The summed E-state index contributed by atoms with van der Waals surface area (Å²) in [4.78, 5) is 32.3. The smallest absolute Gasteiger partial charge is 0.265 e. The van der Waals surface area contributed by atoms with Gasteiger partial charge < -0.3 is 5.32 Å². The Kier molecular flexibility index (Phi) is 6.52. The van der Waals surface area contributed by atoms with E-state index in [0.717, 1.165) is 29.7 Å². The molecule has 0 saturated heterocycles. The number of carbonyl (C=O) groups excluding carboxylic acids is 2. The lowest BCUT2D eigenvalue weighted by Gasteiger charge is -2.31. The lowest BCUT2D eigenvalue weighted by atomic mass is 9.88. The van der Waals surface area contributed by atoms with E-state index in [1.807, 2.05) is 50.2 Å². The molecule has 30 heavy (non-hydrogen) atoms. The first-order chi connectivity index (χ1) is 14.2. The Bertz CT molecular complexity index is 973. The van der Waals surface area contributed by atoms with Crippen LogP contribution >= 0.6 is 0 Å². The summed E-state index contributed by atoms with van der Waals surface area (Å²) in [5.74, 6) is -1.09. The monoisotopic (exact) mass is 405 g/mol. The summed E-state index contributed by atoms with van der Waals surface area (Å²) in [6.45, 7) is 11.9. The average Bonchev–Trinajstić information content (AvgIpc) is 2.68. The molecule has 158 valence electrons. The molecule has 5 nitrogen and oxygen atoms in total. The maximum absolute atomic E-state index is 13.3. The number of aryl methyl sites for hydroxylation is 2. The number of benzene rings is 2. The SMILES string of the molecule is Cc1ccc(N2C(=O)c3ccccc3[C@H](C=NCCCNC(C)(C)C)C2=O)cc1C. The number of carbonyl (C=O) groups is 2. The second kappa shape index (κ2) is 8.92. The second-order valence-electron chi connectivity index (χ2n) is 8.90. The van der Waals surface area contributed by atoms with Gasteiger partial charge in [0.2, 0.25) is 5.91 Å². The lowest BCUT2D eigenvalue weighted by Crippen LogP contribution is -2.45. The van der Waals surface area contributed by atoms with Crippen molar-refractivity contribution in [1.82, 2.24) is 5.32 Å². The van der Waals surface area contributed by atoms with Gasteiger partial charge in [0, 0.05) is 23.9 Å². The first kappa shape index (κ1) is 21.9. The van der Waals surface area contributed by atoms with Crippen molar-refractivity contribution in [3.05, 3.63) is 64.7 Å². The number of nitrogens with zero attached hydrogens (tertiary/aromatic N) is 2. The Hall–Kier alpha value is -2.79. The minimum absolute atomic E-state index is 0.0784. The van der Waals surface area contributed by atoms with Gasteiger partial charge in [-0.3, -0.25) is 14.6 Å². The maximum atomic E-state index is 13.3. The van der Waals surface area contributed by atoms with Gasteiger partial charge in [-0.25, -0.2) is 4.90 Å². The van der Waals surface area contributed by atoms with Crippen LogP contribution in [0.3, 0.4) is 0 Å². The molecule has 1 atom stereocenters. The number of aliphatic imine (C=N–C) groups is 1. The highest BCUT2D eigenvalue weighted by molar-refractivity contribution is 6.29. The van der Waals surface area contributed by atoms with Gasteiger partial charge in [-0.15, -0.1) is 0 Å². The highest BCUT2D eigenvalue weighted by Crippen LogP contribution is 2.32. The third kappa shape index (κ3) is 4.85. The Balaban J connectivity index is 1.84. The number of imide groups is 1. The van der Waals surface area contributed by atoms with E-state index in [1.54, 1.807) is 12.3 Å². The molecule has 0 bridgehead atoms. The second-order valence-corrected chi connectivity index (χ2v) is 8.90. The summed E-state index contributed by atoms with van der Waals surface area (Å²) < 4.78 is 0. The van der Waals surface area contributed by atoms with Crippen LogP contribution in [0.5, 0.6) is 0 Å². The molecule has 0 unspecified atom stereocenters. The third-order valence-corrected chi connectivity index (χ3v) is 5.34. The first-order valence-corrected chi connectivity index (χ1v) is 10.5. The largest absolute Gasteiger partial charge is 0.312 e. The van der Waals surface area contributed by atoms with Gasteiger partial charge in [-0.1, -0.05) is 24.3 Å². The van der Waals surface area contributed by atoms with Crippen molar-refractivity contribution >= 4 is 23.7 Å². The first-order valence-electron chi connectivity index (χ1n) is 10.5. The number of hydrogen-bond acceptors (Lipinski definition) is 4. The summed E-state index contributed by atoms with van der Waals surface area (Å²) in [5.41, 5.74) is 4.14. The molecule has 0 spiro atoms. The molecule has 1 aliphatic heterocycles. The summed E-state index contributed by atoms with van der Waals surface area (Å²) in [6, 6.07) is 13.0. The van der Waals surface area contributed by atoms with Crippen LogP contribution in [0.4, 0.5) is 5.69 Å². The lowest BCUT2D eigenvalue weighted by molar-refractivity contribution is -0.118. The van der Waals surface area contributed by atoms with E-state index < -0.39 is 5.92 Å². The Morgan fingerprint density at radius 1 is 1.07 bits per heavy atom. The average molecular weight is 406 g/mol. The summed E-state index contributed by atoms with van der Waals surface area (Å²) in [7, 11) is 0. The molecule has 0 aliphatic carbocycles. The zero-order valence-corrected chi connectivity index (χ0v) is 18.5. The van der Waals surface area contributed by atoms with E-state index in [1.165, 1.54) is 4.90 Å². The van der Waals surface area contributed by atoms with Crippen LogP contribution in [0.15, 0.2) is 47.5 Å². The number of amides is 2. The van der Waals surface area contributed by atoms with Crippen LogP contribution in [-0.4, -0.2) is 36.7 Å². The fraction of sp³-hybridized carbons (Fsp3) is 0.400. The van der Waals surface area contributed by atoms with E-state index in [-0.39, 0.29) is 17.4 Å². The van der Waals surface area contributed by atoms with Gasteiger partial charge in [0.15, 0.2) is 0 Å². The van der Waals surface area contributed by atoms with E-state index >= 15 is 0 Å². The van der Waals surface area contributed by atoms with Crippen molar-refractivity contribution in [2.75, 3.05) is 18.0 Å². The normalized spacial score (nSPS) is 17.0. The fourth-order valence-electron chi connectivity index (χ4n) is 3.52. The molecule has 0 radical (unpaired) electrons. The van der Waals surface area contributed by atoms with Crippen molar-refractivity contribution in [3.63, 3.8) is 0 Å². The van der Waals surface area contributed by atoms with Crippen molar-refractivity contribution in [3.8, 4) is 0 Å². The molecule has 2 amide bonds. The van der Waals surface area contributed by atoms with Crippen molar-refractivity contribution in [2.24, 2.45) is 4.99 Å². The van der Waals surface area contributed by atoms with Gasteiger partial charge in [0.25, 0.3) is 5.91 Å². The van der Waals surface area contributed by atoms with E-state index in [0.29, 0.717) is 17.8 Å². The number of anilines is 1. The van der Waals surface area contributed by atoms with Crippen LogP contribution in [-0.2, 0) is 4.79 Å². The molecular formula is C25H31N3O2. The number of hydrogen-bond donors (Lipinski definition) is 1. The summed E-state index contributed by atoms with van der Waals surface area (Å²) in [6.07, 6.45) is 2.59. The van der Waals surface area contributed by atoms with E-state index in [4.69, 9.17) is 0 Å². The quantitative estimate of drug-likeness (QED) is 0.440. The molecule has 0 saturated carbocycles. The summed E-state index contributed by atoms with van der Waals surface area (Å²) >= 11 is 0. The highest BCUT2D eigenvalue weighted by atomic mass is 16.2. The third-order valence-electron chi connectivity index (χ3n) is 5.34. The minimum atomic E-state index is -0.559. The van der Waals surface area contributed by atoms with E-state index in [9.17, 15) is 9.59 Å².